The van der Waals surface area contributed by atoms with Crippen molar-refractivity contribution in [1.29, 1.82) is 0 Å². The lowest BCUT2D eigenvalue weighted by Crippen LogP contribution is -2.36. The molecule has 0 aromatic heterocycles. The van der Waals surface area contributed by atoms with E-state index < -0.39 is 11.7 Å². The van der Waals surface area contributed by atoms with E-state index in [1.165, 1.54) is 17.7 Å². The van der Waals surface area contributed by atoms with Crippen molar-refractivity contribution in [3.8, 4) is 5.75 Å². The minimum absolute atomic E-state index is 0.0138. The second-order valence-electron chi connectivity index (χ2n) is 9.07. The van der Waals surface area contributed by atoms with Crippen LogP contribution in [0.1, 0.15) is 41.5 Å². The first-order valence-electron chi connectivity index (χ1n) is 11.0. The Balaban J connectivity index is 1.28. The molecule has 2 fully saturated rings. The number of hydrogen-bond acceptors (Lipinski definition) is 3. The van der Waals surface area contributed by atoms with Crippen molar-refractivity contribution in [1.82, 2.24) is 10.2 Å². The second-order valence-corrected chi connectivity index (χ2v) is 9.07. The number of ether oxygens (including phenoxy) is 1. The quantitative estimate of drug-likeness (QED) is 0.683. The molecule has 1 atom stereocenters. The molecule has 32 heavy (non-hydrogen) atoms. The molecule has 1 saturated carbocycles. The van der Waals surface area contributed by atoms with Gasteiger partial charge in [-0.05, 0) is 73.5 Å². The molecule has 4 rings (SSSR count). The third-order valence-electron chi connectivity index (χ3n) is 7.00. The highest BCUT2D eigenvalue weighted by Gasteiger charge is 2.58. The monoisotopic (exact) mass is 446 g/mol. The van der Waals surface area contributed by atoms with Crippen LogP contribution in [0, 0.1) is 18.3 Å². The lowest BCUT2D eigenvalue weighted by Gasteiger charge is -2.33. The van der Waals surface area contributed by atoms with Crippen molar-refractivity contribution in [2.75, 3.05) is 20.2 Å². The minimum Gasteiger partial charge on any atom is -0.496 e. The molecule has 172 valence electrons. The first-order chi connectivity index (χ1) is 15.2. The van der Waals surface area contributed by atoms with E-state index in [4.69, 9.17) is 4.74 Å². The normalized spacial score (nSPS) is 20.2. The van der Waals surface area contributed by atoms with Crippen LogP contribution < -0.4 is 10.1 Å². The van der Waals surface area contributed by atoms with Crippen LogP contribution in [0.3, 0.4) is 0 Å². The maximum absolute atomic E-state index is 13.2. The highest BCUT2D eigenvalue weighted by molar-refractivity contribution is 5.82. The molecule has 1 aliphatic heterocycles. The Labute approximate surface area is 186 Å². The highest BCUT2D eigenvalue weighted by Crippen LogP contribution is 2.59. The van der Waals surface area contributed by atoms with E-state index in [1.54, 1.807) is 13.2 Å². The summed E-state index contributed by atoms with van der Waals surface area (Å²) >= 11 is 0. The van der Waals surface area contributed by atoms with Crippen LogP contribution in [-0.4, -0.2) is 31.0 Å². The molecule has 7 heteroatoms. The number of nitrogens with one attached hydrogen (secondary N) is 1. The summed E-state index contributed by atoms with van der Waals surface area (Å²) in [5, 5.41) is 2.75. The van der Waals surface area contributed by atoms with Gasteiger partial charge in [0.15, 0.2) is 0 Å². The van der Waals surface area contributed by atoms with Crippen LogP contribution >= 0.6 is 0 Å². The van der Waals surface area contributed by atoms with E-state index in [9.17, 15) is 18.0 Å². The van der Waals surface area contributed by atoms with Gasteiger partial charge in [0.05, 0.1) is 12.7 Å². The third kappa shape index (κ3) is 4.77. The molecule has 1 heterocycles. The predicted molar refractivity (Wildman–Crippen MR) is 116 cm³/mol. The number of amides is 1. The highest BCUT2D eigenvalue weighted by atomic mass is 19.4. The molecule has 0 radical (unpaired) electrons. The SMILES string of the molecule is COc1ccc(CN2CCC3(CC2)C[C@H]3C(=O)NCc2ccccc2C(F)(F)F)cc1C. The van der Waals surface area contributed by atoms with Crippen molar-refractivity contribution in [3.05, 3.63) is 64.7 Å². The molecule has 1 aliphatic carbocycles. The van der Waals surface area contributed by atoms with Crippen molar-refractivity contribution in [2.45, 2.75) is 45.5 Å². The molecule has 2 aromatic carbocycles. The number of methoxy groups -OCH3 is 1. The van der Waals surface area contributed by atoms with Gasteiger partial charge in [-0.1, -0.05) is 30.3 Å². The number of alkyl halides is 3. The van der Waals surface area contributed by atoms with Gasteiger partial charge in [0.25, 0.3) is 0 Å². The van der Waals surface area contributed by atoms with Gasteiger partial charge in [0.2, 0.25) is 5.91 Å². The fourth-order valence-electron chi connectivity index (χ4n) is 4.98. The smallest absolute Gasteiger partial charge is 0.416 e. The van der Waals surface area contributed by atoms with Gasteiger partial charge in [0, 0.05) is 19.0 Å². The van der Waals surface area contributed by atoms with E-state index in [2.05, 4.69) is 22.3 Å². The largest absolute Gasteiger partial charge is 0.496 e. The summed E-state index contributed by atoms with van der Waals surface area (Å²) in [5.74, 6) is 0.670. The van der Waals surface area contributed by atoms with Crippen molar-refractivity contribution >= 4 is 5.91 Å². The van der Waals surface area contributed by atoms with E-state index in [0.29, 0.717) is 0 Å². The third-order valence-corrected chi connectivity index (χ3v) is 7.00. The summed E-state index contributed by atoms with van der Waals surface area (Å²) in [6.45, 7) is 4.65. The topological polar surface area (TPSA) is 41.6 Å². The Morgan fingerprint density at radius 2 is 1.91 bits per heavy atom. The van der Waals surface area contributed by atoms with Crippen LogP contribution in [0.15, 0.2) is 42.5 Å². The van der Waals surface area contributed by atoms with Gasteiger partial charge in [-0.25, -0.2) is 0 Å². The number of halogens is 3. The summed E-state index contributed by atoms with van der Waals surface area (Å²) in [6, 6.07) is 11.6. The zero-order chi connectivity index (χ0) is 22.9. The predicted octanol–water partition coefficient (Wildman–Crippen LogP) is 4.94. The van der Waals surface area contributed by atoms with Crippen molar-refractivity contribution in [2.24, 2.45) is 11.3 Å². The molecule has 1 spiro atoms. The first kappa shape index (κ1) is 22.6. The first-order valence-corrected chi connectivity index (χ1v) is 11.0. The van der Waals surface area contributed by atoms with Gasteiger partial charge in [-0.3, -0.25) is 9.69 Å². The Morgan fingerprint density at radius 1 is 1.19 bits per heavy atom. The van der Waals surface area contributed by atoms with Crippen molar-refractivity contribution < 1.29 is 22.7 Å². The molecule has 2 aliphatic rings. The maximum atomic E-state index is 13.2. The molecule has 2 aromatic rings. The number of nitrogens with zero attached hydrogens (tertiary/aromatic N) is 1. The van der Waals surface area contributed by atoms with Gasteiger partial charge in [-0.15, -0.1) is 0 Å². The Bertz CT molecular complexity index is 981. The van der Waals surface area contributed by atoms with Gasteiger partial charge in [0.1, 0.15) is 5.75 Å². The molecular formula is C25H29F3N2O2. The Kier molecular flexibility index (Phi) is 6.21. The molecule has 0 bridgehead atoms. The Morgan fingerprint density at radius 3 is 2.56 bits per heavy atom. The maximum Gasteiger partial charge on any atom is 0.416 e. The van der Waals surface area contributed by atoms with Crippen LogP contribution in [0.25, 0.3) is 0 Å². The average molecular weight is 447 g/mol. The zero-order valence-corrected chi connectivity index (χ0v) is 18.5. The van der Waals surface area contributed by atoms with Crippen LogP contribution in [0.2, 0.25) is 0 Å². The summed E-state index contributed by atoms with van der Waals surface area (Å²) < 4.78 is 44.8. The summed E-state index contributed by atoms with van der Waals surface area (Å²) in [6.07, 6.45) is -1.70. The molecule has 0 unspecified atom stereocenters. The zero-order valence-electron chi connectivity index (χ0n) is 18.5. The van der Waals surface area contributed by atoms with Gasteiger partial charge in [-0.2, -0.15) is 13.2 Å². The standard InChI is InChI=1S/C25H29F3N2O2/c1-17-13-18(7-8-22(17)32-2)16-30-11-9-24(10-12-30)14-21(24)23(31)29-15-19-5-3-4-6-20(19)25(26,27)28/h3-8,13,21H,9-12,14-16H2,1-2H3,(H,29,31)/t21-/m0/s1. The Hall–Kier alpha value is -2.54. The van der Waals surface area contributed by atoms with Gasteiger partial charge >= 0.3 is 6.18 Å². The lowest BCUT2D eigenvalue weighted by atomic mass is 9.90. The number of likely N-dealkylation sites (tertiary alicyclic amines) is 1. The van der Waals surface area contributed by atoms with E-state index >= 15 is 0 Å². The number of hydrogen-bond donors (Lipinski definition) is 1. The number of carbonyl (C=O) groups excluding carboxylic acids is 1. The minimum atomic E-state index is -4.42. The number of carbonyl (C=O) groups is 1. The molecule has 1 amide bonds. The molecule has 1 saturated heterocycles. The van der Waals surface area contributed by atoms with Crippen LogP contribution in [0.5, 0.6) is 5.75 Å². The lowest BCUT2D eigenvalue weighted by molar-refractivity contribution is -0.138. The van der Waals surface area contributed by atoms with Crippen LogP contribution in [-0.2, 0) is 24.1 Å². The number of piperidine rings is 1. The summed E-state index contributed by atoms with van der Waals surface area (Å²) in [7, 11) is 1.67. The summed E-state index contributed by atoms with van der Waals surface area (Å²) in [5.41, 5.74) is 1.79. The molecule has 4 nitrogen and oxygen atoms in total. The van der Waals surface area contributed by atoms with E-state index in [0.717, 1.165) is 56.3 Å². The molecule has 1 N–H and O–H groups in total. The fraction of sp³-hybridized carbons (Fsp3) is 0.480. The van der Waals surface area contributed by atoms with Crippen molar-refractivity contribution in [3.63, 3.8) is 0 Å². The average Bonchev–Trinajstić information content (AvgIpc) is 3.47. The van der Waals surface area contributed by atoms with Crippen LogP contribution in [0.4, 0.5) is 13.2 Å². The van der Waals surface area contributed by atoms with E-state index in [-0.39, 0.29) is 29.3 Å². The second kappa shape index (κ2) is 8.77. The van der Waals surface area contributed by atoms with E-state index in [1.807, 2.05) is 13.0 Å². The summed E-state index contributed by atoms with van der Waals surface area (Å²) in [4.78, 5) is 15.1. The molecular weight excluding hydrogens is 417 g/mol. The number of benzene rings is 2. The fourth-order valence-corrected chi connectivity index (χ4v) is 4.98. The number of rotatable bonds is 6. The van der Waals surface area contributed by atoms with Gasteiger partial charge < -0.3 is 10.1 Å². The number of aryl methyl sites for hydroxylation is 1.